The zero-order valence-corrected chi connectivity index (χ0v) is 20.3. The van der Waals surface area contributed by atoms with Gasteiger partial charge in [-0.05, 0) is 74.3 Å². The van der Waals surface area contributed by atoms with Crippen molar-refractivity contribution in [1.82, 2.24) is 9.62 Å². The number of aryl methyl sites for hydroxylation is 2. The summed E-state index contributed by atoms with van der Waals surface area (Å²) in [6.07, 6.45) is 5.74. The molecular weight excluding hydrogens is 440 g/mol. The zero-order valence-electron chi connectivity index (χ0n) is 19.5. The number of ether oxygens (including phenoxy) is 2. The molecule has 0 bridgehead atoms. The first-order valence-corrected chi connectivity index (χ1v) is 12.9. The highest BCUT2D eigenvalue weighted by atomic mass is 32.2. The van der Waals surface area contributed by atoms with Crippen LogP contribution < -0.4 is 14.8 Å². The molecule has 1 N–H and O–H groups in total. The van der Waals surface area contributed by atoms with Gasteiger partial charge < -0.3 is 14.8 Å². The number of carbonyl (C=O) groups excluding carboxylic acids is 1. The molecule has 8 heteroatoms. The molecule has 1 amide bonds. The number of carbonyl (C=O) groups is 1. The molecule has 2 aliphatic rings. The van der Waals surface area contributed by atoms with E-state index in [2.05, 4.69) is 23.5 Å². The third kappa shape index (κ3) is 4.73. The molecule has 1 fully saturated rings. The van der Waals surface area contributed by atoms with Gasteiger partial charge in [-0.2, -0.15) is 4.31 Å². The number of sulfonamides is 1. The van der Waals surface area contributed by atoms with Crippen LogP contribution in [0.15, 0.2) is 41.3 Å². The molecule has 0 aromatic heterocycles. The second-order valence-electron chi connectivity index (χ2n) is 8.76. The molecule has 4 rings (SSSR count). The number of fused-ring (bicyclic) bond motifs is 1. The maximum absolute atomic E-state index is 13.4. The van der Waals surface area contributed by atoms with Crippen LogP contribution in [-0.2, 0) is 27.7 Å². The SMILES string of the molecule is COc1ccc(S(=O)(=O)N2CCCC2C(=O)NC(C)c2ccc3c(c2)CCCC3)cc1OC. The topological polar surface area (TPSA) is 84.9 Å². The predicted molar refractivity (Wildman–Crippen MR) is 126 cm³/mol. The molecule has 0 spiro atoms. The van der Waals surface area contributed by atoms with Crippen LogP contribution >= 0.6 is 0 Å². The van der Waals surface area contributed by atoms with Gasteiger partial charge in [-0.3, -0.25) is 4.79 Å². The van der Waals surface area contributed by atoms with Crippen molar-refractivity contribution in [3.63, 3.8) is 0 Å². The van der Waals surface area contributed by atoms with E-state index in [0.29, 0.717) is 30.9 Å². The number of nitrogens with zero attached hydrogens (tertiary/aromatic N) is 1. The molecule has 2 aromatic carbocycles. The fourth-order valence-corrected chi connectivity index (χ4v) is 6.49. The van der Waals surface area contributed by atoms with Crippen LogP contribution in [0.5, 0.6) is 11.5 Å². The van der Waals surface area contributed by atoms with Gasteiger partial charge in [0, 0.05) is 12.6 Å². The summed E-state index contributed by atoms with van der Waals surface area (Å²) in [6.45, 7) is 2.26. The second-order valence-corrected chi connectivity index (χ2v) is 10.6. The van der Waals surface area contributed by atoms with Gasteiger partial charge in [0.1, 0.15) is 6.04 Å². The van der Waals surface area contributed by atoms with Crippen LogP contribution in [0.3, 0.4) is 0 Å². The summed E-state index contributed by atoms with van der Waals surface area (Å²) < 4.78 is 38.5. The molecule has 2 atom stereocenters. The van der Waals surface area contributed by atoms with E-state index < -0.39 is 16.1 Å². The van der Waals surface area contributed by atoms with Crippen LogP contribution in [0.1, 0.15) is 55.3 Å². The van der Waals surface area contributed by atoms with Crippen molar-refractivity contribution < 1.29 is 22.7 Å². The Morgan fingerprint density at radius 2 is 1.73 bits per heavy atom. The number of methoxy groups -OCH3 is 2. The number of amides is 1. The van der Waals surface area contributed by atoms with E-state index in [4.69, 9.17) is 9.47 Å². The first-order chi connectivity index (χ1) is 15.8. The number of benzene rings is 2. The molecule has 33 heavy (non-hydrogen) atoms. The minimum Gasteiger partial charge on any atom is -0.493 e. The number of hydrogen-bond acceptors (Lipinski definition) is 5. The van der Waals surface area contributed by atoms with Crippen molar-refractivity contribution >= 4 is 15.9 Å². The van der Waals surface area contributed by atoms with Crippen molar-refractivity contribution in [2.45, 2.75) is 62.4 Å². The molecular formula is C25H32N2O5S. The van der Waals surface area contributed by atoms with Crippen molar-refractivity contribution in [2.24, 2.45) is 0 Å². The van der Waals surface area contributed by atoms with Crippen LogP contribution in [0.4, 0.5) is 0 Å². The number of rotatable bonds is 7. The Bertz CT molecular complexity index is 1130. The summed E-state index contributed by atoms with van der Waals surface area (Å²) in [6, 6.07) is 9.98. The third-order valence-corrected chi connectivity index (χ3v) is 8.60. The Balaban J connectivity index is 1.51. The van der Waals surface area contributed by atoms with Crippen molar-refractivity contribution in [2.75, 3.05) is 20.8 Å². The van der Waals surface area contributed by atoms with Gasteiger partial charge in [0.2, 0.25) is 15.9 Å². The van der Waals surface area contributed by atoms with Crippen molar-refractivity contribution in [3.8, 4) is 11.5 Å². The quantitative estimate of drug-likeness (QED) is 0.665. The summed E-state index contributed by atoms with van der Waals surface area (Å²) in [5, 5.41) is 3.05. The van der Waals surface area contributed by atoms with Gasteiger partial charge in [0.05, 0.1) is 25.2 Å². The lowest BCUT2D eigenvalue weighted by molar-refractivity contribution is -0.124. The third-order valence-electron chi connectivity index (χ3n) is 6.70. The van der Waals surface area contributed by atoms with Gasteiger partial charge in [0.15, 0.2) is 11.5 Å². The summed E-state index contributed by atoms with van der Waals surface area (Å²) in [5.41, 5.74) is 3.81. The average molecular weight is 473 g/mol. The van der Waals surface area contributed by atoms with Crippen LogP contribution in [-0.4, -0.2) is 45.4 Å². The first kappa shape index (κ1) is 23.6. The lowest BCUT2D eigenvalue weighted by atomic mass is 9.89. The van der Waals surface area contributed by atoms with E-state index in [0.717, 1.165) is 18.4 Å². The lowest BCUT2D eigenvalue weighted by Gasteiger charge is -2.26. The molecule has 178 valence electrons. The maximum atomic E-state index is 13.4. The molecule has 7 nitrogen and oxygen atoms in total. The minimum absolute atomic E-state index is 0.0857. The van der Waals surface area contributed by atoms with Gasteiger partial charge >= 0.3 is 0 Å². The van der Waals surface area contributed by atoms with E-state index >= 15 is 0 Å². The average Bonchev–Trinajstić information content (AvgIpc) is 3.34. The number of hydrogen-bond donors (Lipinski definition) is 1. The second kappa shape index (κ2) is 9.73. The van der Waals surface area contributed by atoms with Crippen molar-refractivity contribution in [1.29, 1.82) is 0 Å². The Hall–Kier alpha value is -2.58. The van der Waals surface area contributed by atoms with Gasteiger partial charge in [-0.25, -0.2) is 8.42 Å². The molecule has 0 saturated carbocycles. The monoisotopic (exact) mass is 472 g/mol. The summed E-state index contributed by atoms with van der Waals surface area (Å²) in [4.78, 5) is 13.3. The maximum Gasteiger partial charge on any atom is 0.243 e. The Morgan fingerprint density at radius 1 is 1.00 bits per heavy atom. The molecule has 1 heterocycles. The number of nitrogens with one attached hydrogen (secondary N) is 1. The van der Waals surface area contributed by atoms with Gasteiger partial charge in [0.25, 0.3) is 0 Å². The summed E-state index contributed by atoms with van der Waals surface area (Å²) in [5.74, 6) is 0.521. The van der Waals surface area contributed by atoms with E-state index in [1.807, 2.05) is 6.92 Å². The largest absolute Gasteiger partial charge is 0.493 e. The standard InChI is InChI=1S/C25H32N2O5S/c1-17(19-11-10-18-7-4-5-8-20(18)15-19)26-25(28)22-9-6-14-27(22)33(29,30)21-12-13-23(31-2)24(16-21)32-3/h10-13,15-17,22H,4-9,14H2,1-3H3,(H,26,28). The van der Waals surface area contributed by atoms with Crippen molar-refractivity contribution in [3.05, 3.63) is 53.1 Å². The van der Waals surface area contributed by atoms with E-state index in [9.17, 15) is 13.2 Å². The Morgan fingerprint density at radius 3 is 2.45 bits per heavy atom. The van der Waals surface area contributed by atoms with Gasteiger partial charge in [-0.15, -0.1) is 0 Å². The highest BCUT2D eigenvalue weighted by Gasteiger charge is 2.40. The van der Waals surface area contributed by atoms with Crippen LogP contribution in [0.25, 0.3) is 0 Å². The van der Waals surface area contributed by atoms with E-state index in [1.165, 1.54) is 54.6 Å². The molecule has 1 aliphatic heterocycles. The van der Waals surface area contributed by atoms with E-state index in [-0.39, 0.29) is 16.8 Å². The predicted octanol–water partition coefficient (Wildman–Crippen LogP) is 3.61. The molecule has 2 aromatic rings. The zero-order chi connectivity index (χ0) is 23.6. The smallest absolute Gasteiger partial charge is 0.243 e. The lowest BCUT2D eigenvalue weighted by Crippen LogP contribution is -2.46. The first-order valence-electron chi connectivity index (χ1n) is 11.5. The molecule has 2 unspecified atom stereocenters. The minimum atomic E-state index is -3.87. The molecule has 1 saturated heterocycles. The molecule has 0 radical (unpaired) electrons. The normalized spacial score (nSPS) is 19.5. The molecule has 1 aliphatic carbocycles. The summed E-state index contributed by atoms with van der Waals surface area (Å²) >= 11 is 0. The Labute approximate surface area is 196 Å². The van der Waals surface area contributed by atoms with Crippen LogP contribution in [0.2, 0.25) is 0 Å². The fraction of sp³-hybridized carbons (Fsp3) is 0.480. The highest BCUT2D eigenvalue weighted by molar-refractivity contribution is 7.89. The highest BCUT2D eigenvalue weighted by Crippen LogP contribution is 2.33. The fourth-order valence-electron chi connectivity index (χ4n) is 4.82. The van der Waals surface area contributed by atoms with Gasteiger partial charge in [-0.1, -0.05) is 18.2 Å². The summed E-state index contributed by atoms with van der Waals surface area (Å²) in [7, 11) is -0.909. The van der Waals surface area contributed by atoms with E-state index in [1.54, 1.807) is 6.07 Å². The Kier molecular flexibility index (Phi) is 6.95. The van der Waals surface area contributed by atoms with Crippen LogP contribution in [0, 0.1) is 0 Å².